The lowest BCUT2D eigenvalue weighted by atomic mass is 9.55. The molecule has 3 aromatic carbocycles. The van der Waals surface area contributed by atoms with Crippen LogP contribution in [0.2, 0.25) is 0 Å². The third-order valence-electron chi connectivity index (χ3n) is 8.80. The number of methoxy groups -OCH3 is 1. The number of ether oxygens (including phenoxy) is 2. The molecule has 3 aliphatic carbocycles. The van der Waals surface area contributed by atoms with E-state index in [1.807, 2.05) is 0 Å². The third kappa shape index (κ3) is 4.01. The van der Waals surface area contributed by atoms with Crippen molar-refractivity contribution in [2.75, 3.05) is 7.11 Å². The van der Waals surface area contributed by atoms with Gasteiger partial charge >= 0.3 is 11.9 Å². The maximum absolute atomic E-state index is 14.2. The highest BCUT2D eigenvalue weighted by atomic mass is 16.5. The standard InChI is InChI=1S/C33H26O13/c1-11-6-15-22(19(37)7-11)31(42)33(44)26(29(15)46-12(2)34)14-8-13-10-20(38)25(27(39)21(13)16(9-14)30(33)41)28(40)23-17(35)4-5-18(36)24(23)32(43)45-3/h4-7,9-10,14,26,29,35-39,44H,8H2,1-3H3/t14?,26?,29-,33?/m0/s1. The van der Waals surface area contributed by atoms with Gasteiger partial charge in [0.1, 0.15) is 46.0 Å². The number of phenols is 5. The Labute approximate surface area is 259 Å². The highest BCUT2D eigenvalue weighted by Gasteiger charge is 2.65. The second-order valence-corrected chi connectivity index (χ2v) is 11.5. The van der Waals surface area contributed by atoms with Gasteiger partial charge in [0.2, 0.25) is 17.3 Å². The van der Waals surface area contributed by atoms with E-state index in [0.29, 0.717) is 5.56 Å². The van der Waals surface area contributed by atoms with E-state index in [1.54, 1.807) is 6.92 Å². The van der Waals surface area contributed by atoms with E-state index < -0.39 is 109 Å². The predicted molar refractivity (Wildman–Crippen MR) is 155 cm³/mol. The number of fused-ring (bicyclic) bond motifs is 6. The van der Waals surface area contributed by atoms with E-state index in [4.69, 9.17) is 4.74 Å². The number of benzene rings is 3. The SMILES string of the molecule is COC(=O)c1c(O)ccc(O)c1C(=O)c1c(O)cc2c(c1O)C1=CC(C2)C2[C@@H](OC(C)=O)c3cc(C)cc(O)c3C(=O)C2(O)C1=O. The van der Waals surface area contributed by atoms with Gasteiger partial charge in [-0.05, 0) is 54.7 Å². The minimum absolute atomic E-state index is 0.0989. The number of Topliss-reactive ketones (excluding diaryl/α,β-unsaturated/α-hetero) is 2. The van der Waals surface area contributed by atoms with Crippen molar-refractivity contribution in [3.05, 3.63) is 80.9 Å². The van der Waals surface area contributed by atoms with Crippen LogP contribution in [0, 0.1) is 18.8 Å². The second kappa shape index (κ2) is 10.2. The number of aromatic hydroxyl groups is 5. The molecule has 0 radical (unpaired) electrons. The van der Waals surface area contributed by atoms with Crippen molar-refractivity contribution in [2.24, 2.45) is 11.8 Å². The molecule has 46 heavy (non-hydrogen) atoms. The van der Waals surface area contributed by atoms with Crippen LogP contribution in [0.1, 0.15) is 71.9 Å². The van der Waals surface area contributed by atoms with Gasteiger partial charge in [0.25, 0.3) is 0 Å². The normalized spacial score (nSPS) is 22.6. The van der Waals surface area contributed by atoms with Gasteiger partial charge in [0.15, 0.2) is 5.60 Å². The average molecular weight is 631 g/mol. The number of aryl methyl sites for hydroxylation is 1. The van der Waals surface area contributed by atoms with Crippen LogP contribution in [-0.2, 0) is 25.5 Å². The molecule has 3 unspecified atom stereocenters. The smallest absolute Gasteiger partial charge is 0.342 e. The number of esters is 2. The molecule has 3 aliphatic rings. The quantitative estimate of drug-likeness (QED) is 0.106. The highest BCUT2D eigenvalue weighted by molar-refractivity contribution is 6.37. The van der Waals surface area contributed by atoms with Gasteiger partial charge in [-0.15, -0.1) is 0 Å². The maximum Gasteiger partial charge on any atom is 0.342 e. The summed E-state index contributed by atoms with van der Waals surface area (Å²) in [5, 5.41) is 66.0. The number of carbonyl (C=O) groups excluding carboxylic acids is 5. The van der Waals surface area contributed by atoms with Crippen molar-refractivity contribution in [1.82, 2.24) is 0 Å². The molecule has 0 aliphatic heterocycles. The lowest BCUT2D eigenvalue weighted by Gasteiger charge is -2.49. The summed E-state index contributed by atoms with van der Waals surface area (Å²) >= 11 is 0. The van der Waals surface area contributed by atoms with Crippen molar-refractivity contribution in [3.8, 4) is 28.7 Å². The minimum Gasteiger partial charge on any atom is -0.507 e. The highest BCUT2D eigenvalue weighted by Crippen LogP contribution is 2.57. The Morgan fingerprint density at radius 3 is 2.13 bits per heavy atom. The summed E-state index contributed by atoms with van der Waals surface area (Å²) in [6, 6.07) is 5.66. The number of hydrogen-bond donors (Lipinski definition) is 6. The van der Waals surface area contributed by atoms with Crippen LogP contribution < -0.4 is 0 Å². The molecule has 0 aromatic heterocycles. The van der Waals surface area contributed by atoms with E-state index in [2.05, 4.69) is 4.74 Å². The number of rotatable bonds is 4. The first-order valence-electron chi connectivity index (χ1n) is 13.9. The van der Waals surface area contributed by atoms with Gasteiger partial charge in [0, 0.05) is 23.6 Å². The first kappa shape index (κ1) is 30.3. The molecule has 2 bridgehead atoms. The molecule has 6 N–H and O–H groups in total. The Morgan fingerprint density at radius 1 is 0.848 bits per heavy atom. The minimum atomic E-state index is -2.89. The predicted octanol–water partition coefficient (Wildman–Crippen LogP) is 2.53. The maximum atomic E-state index is 14.2. The Hall–Kier alpha value is -5.69. The Bertz CT molecular complexity index is 1990. The Morgan fingerprint density at radius 2 is 1.50 bits per heavy atom. The van der Waals surface area contributed by atoms with Crippen LogP contribution in [0.4, 0.5) is 0 Å². The number of hydrogen-bond acceptors (Lipinski definition) is 13. The van der Waals surface area contributed by atoms with Gasteiger partial charge in [-0.2, -0.15) is 0 Å². The second-order valence-electron chi connectivity index (χ2n) is 11.5. The van der Waals surface area contributed by atoms with Crippen molar-refractivity contribution in [2.45, 2.75) is 32.0 Å². The van der Waals surface area contributed by atoms with Crippen LogP contribution in [0.15, 0.2) is 36.4 Å². The molecule has 0 fully saturated rings. The molecule has 13 heteroatoms. The fourth-order valence-electron chi connectivity index (χ4n) is 7.00. The summed E-state index contributed by atoms with van der Waals surface area (Å²) in [4.78, 5) is 66.5. The number of allylic oxidation sites excluding steroid dienone is 1. The van der Waals surface area contributed by atoms with Crippen molar-refractivity contribution >= 4 is 34.9 Å². The van der Waals surface area contributed by atoms with Gasteiger partial charge in [-0.1, -0.05) is 12.1 Å². The molecule has 4 atom stereocenters. The molecular formula is C33H26O13. The molecule has 6 rings (SSSR count). The lowest BCUT2D eigenvalue weighted by molar-refractivity contribution is -0.163. The fourth-order valence-corrected chi connectivity index (χ4v) is 7.00. The lowest BCUT2D eigenvalue weighted by Crippen LogP contribution is -2.62. The van der Waals surface area contributed by atoms with Crippen LogP contribution >= 0.6 is 0 Å². The zero-order valence-corrected chi connectivity index (χ0v) is 24.4. The first-order chi connectivity index (χ1) is 21.6. The molecular weight excluding hydrogens is 604 g/mol. The molecule has 0 spiro atoms. The molecule has 0 saturated heterocycles. The monoisotopic (exact) mass is 630 g/mol. The molecule has 0 amide bonds. The van der Waals surface area contributed by atoms with Crippen molar-refractivity contribution in [3.63, 3.8) is 0 Å². The number of aliphatic hydroxyl groups is 1. The van der Waals surface area contributed by atoms with Crippen molar-refractivity contribution < 1.29 is 64.1 Å². The van der Waals surface area contributed by atoms with E-state index in [-0.39, 0.29) is 23.1 Å². The molecule has 0 saturated carbocycles. The largest absolute Gasteiger partial charge is 0.507 e. The van der Waals surface area contributed by atoms with Crippen LogP contribution in [0.3, 0.4) is 0 Å². The summed E-state index contributed by atoms with van der Waals surface area (Å²) in [6.07, 6.45) is -0.120. The number of ketones is 3. The van der Waals surface area contributed by atoms with E-state index in [9.17, 15) is 54.6 Å². The van der Waals surface area contributed by atoms with E-state index in [0.717, 1.165) is 32.2 Å². The summed E-state index contributed by atoms with van der Waals surface area (Å²) < 4.78 is 10.2. The Kier molecular flexibility index (Phi) is 6.71. The Balaban J connectivity index is 1.55. The molecule has 236 valence electrons. The average Bonchev–Trinajstić information content (AvgIpc) is 2.98. The van der Waals surface area contributed by atoms with E-state index >= 15 is 0 Å². The van der Waals surface area contributed by atoms with Gasteiger partial charge in [0.05, 0.1) is 24.2 Å². The summed E-state index contributed by atoms with van der Waals surface area (Å²) in [6.45, 7) is 2.74. The first-order valence-corrected chi connectivity index (χ1v) is 13.9. The van der Waals surface area contributed by atoms with Crippen molar-refractivity contribution in [1.29, 1.82) is 0 Å². The number of phenolic OH excluding ortho intramolecular Hbond substituents is 5. The fraction of sp³-hybridized carbons (Fsp3) is 0.242. The zero-order chi connectivity index (χ0) is 33.6. The third-order valence-corrected chi connectivity index (χ3v) is 8.80. The summed E-state index contributed by atoms with van der Waals surface area (Å²) in [7, 11) is 0.960. The number of carbonyl (C=O) groups is 5. The summed E-state index contributed by atoms with van der Waals surface area (Å²) in [5.41, 5.74) is -5.70. The molecule has 0 heterocycles. The van der Waals surface area contributed by atoms with Gasteiger partial charge in [-0.25, -0.2) is 4.79 Å². The van der Waals surface area contributed by atoms with Crippen LogP contribution in [0.5, 0.6) is 28.7 Å². The van der Waals surface area contributed by atoms with Gasteiger partial charge in [-0.3, -0.25) is 19.2 Å². The van der Waals surface area contributed by atoms with E-state index in [1.165, 1.54) is 18.2 Å². The van der Waals surface area contributed by atoms with Crippen LogP contribution in [-0.4, -0.2) is 72.6 Å². The van der Waals surface area contributed by atoms with Gasteiger partial charge < -0.3 is 40.1 Å². The van der Waals surface area contributed by atoms with Crippen LogP contribution in [0.25, 0.3) is 5.57 Å². The topological polar surface area (TPSA) is 225 Å². The summed E-state index contributed by atoms with van der Waals surface area (Å²) in [5.74, 6) is -11.9. The molecule has 13 nitrogen and oxygen atoms in total. The molecule has 3 aromatic rings. The zero-order valence-electron chi connectivity index (χ0n) is 24.4.